The molecule has 2 heterocycles. The molecular formula is C23H17N3. The number of benzene rings is 3. The first-order valence-corrected chi connectivity index (χ1v) is 8.66. The Bertz CT molecular complexity index is 1140. The number of hydrogen-bond donors (Lipinski definition) is 1. The van der Waals surface area contributed by atoms with Gasteiger partial charge in [-0.1, -0.05) is 36.4 Å². The third kappa shape index (κ3) is 2.50. The Kier molecular flexibility index (Phi) is 3.42. The summed E-state index contributed by atoms with van der Waals surface area (Å²) in [4.78, 5) is 4.78. The van der Waals surface area contributed by atoms with Crippen molar-refractivity contribution in [1.29, 1.82) is 0 Å². The molecule has 3 nitrogen and oxygen atoms in total. The molecule has 124 valence electrons. The van der Waals surface area contributed by atoms with Crippen LogP contribution < -0.4 is 5.32 Å². The number of fused-ring (bicyclic) bond motifs is 2. The Morgan fingerprint density at radius 1 is 0.615 bits per heavy atom. The summed E-state index contributed by atoms with van der Waals surface area (Å²) in [6.45, 7) is 0. The topological polar surface area (TPSA) is 29.9 Å². The van der Waals surface area contributed by atoms with E-state index in [2.05, 4.69) is 70.5 Å². The molecule has 5 rings (SSSR count). The van der Waals surface area contributed by atoms with Gasteiger partial charge < -0.3 is 9.88 Å². The third-order valence-electron chi connectivity index (χ3n) is 4.63. The van der Waals surface area contributed by atoms with Crippen LogP contribution in [0.15, 0.2) is 97.3 Å². The highest BCUT2D eigenvalue weighted by Gasteiger charge is 2.09. The lowest BCUT2D eigenvalue weighted by atomic mass is 10.1. The highest BCUT2D eigenvalue weighted by molar-refractivity contribution is 6.08. The number of aromatic nitrogens is 2. The molecule has 0 fully saturated rings. The molecule has 3 aromatic carbocycles. The summed E-state index contributed by atoms with van der Waals surface area (Å²) in [6, 6.07) is 29.0. The number of rotatable bonds is 3. The zero-order valence-corrected chi connectivity index (χ0v) is 14.1. The molecule has 0 unspecified atom stereocenters. The van der Waals surface area contributed by atoms with Crippen molar-refractivity contribution < 1.29 is 0 Å². The number of para-hydroxylation sites is 2. The Hall–Kier alpha value is -3.59. The van der Waals surface area contributed by atoms with Crippen LogP contribution in [0.25, 0.3) is 27.5 Å². The highest BCUT2D eigenvalue weighted by Crippen LogP contribution is 2.33. The number of nitrogens with zero attached hydrogens (tertiary/aromatic N) is 2. The van der Waals surface area contributed by atoms with Crippen molar-refractivity contribution in [2.45, 2.75) is 0 Å². The second-order valence-electron chi connectivity index (χ2n) is 6.28. The smallest absolute Gasteiger partial charge is 0.0730 e. The zero-order valence-electron chi connectivity index (χ0n) is 14.1. The average Bonchev–Trinajstić information content (AvgIpc) is 3.23. The Labute approximate surface area is 151 Å². The number of anilines is 2. The van der Waals surface area contributed by atoms with Crippen molar-refractivity contribution in [2.75, 3.05) is 5.32 Å². The van der Waals surface area contributed by atoms with Gasteiger partial charge in [-0.2, -0.15) is 0 Å². The van der Waals surface area contributed by atoms with Crippen LogP contribution in [0.2, 0.25) is 0 Å². The lowest BCUT2D eigenvalue weighted by Crippen LogP contribution is -1.96. The van der Waals surface area contributed by atoms with Gasteiger partial charge in [-0.25, -0.2) is 4.98 Å². The molecule has 0 saturated carbocycles. The molecule has 2 aromatic heterocycles. The average molecular weight is 335 g/mol. The summed E-state index contributed by atoms with van der Waals surface area (Å²) in [5.41, 5.74) is 5.29. The minimum atomic E-state index is 0.998. The van der Waals surface area contributed by atoms with E-state index in [-0.39, 0.29) is 0 Å². The minimum absolute atomic E-state index is 0.998. The third-order valence-corrected chi connectivity index (χ3v) is 4.63. The van der Waals surface area contributed by atoms with E-state index in [1.165, 1.54) is 0 Å². The Morgan fingerprint density at radius 2 is 1.19 bits per heavy atom. The SMILES string of the molecule is c1ccc2c(Nc3ccc(-n4cccc4)cc3)c3ccccc3nc2c1. The van der Waals surface area contributed by atoms with Crippen LogP contribution in [0, 0.1) is 0 Å². The molecule has 26 heavy (non-hydrogen) atoms. The molecule has 0 bridgehead atoms. The number of hydrogen-bond acceptors (Lipinski definition) is 2. The molecular weight excluding hydrogens is 318 g/mol. The zero-order chi connectivity index (χ0) is 17.3. The van der Waals surface area contributed by atoms with Crippen LogP contribution >= 0.6 is 0 Å². The van der Waals surface area contributed by atoms with Crippen molar-refractivity contribution >= 4 is 33.2 Å². The molecule has 0 aliphatic heterocycles. The van der Waals surface area contributed by atoms with Gasteiger partial charge in [-0.3, -0.25) is 0 Å². The number of pyridine rings is 1. The summed E-state index contributed by atoms with van der Waals surface area (Å²) < 4.78 is 2.10. The van der Waals surface area contributed by atoms with Gasteiger partial charge in [0.25, 0.3) is 0 Å². The summed E-state index contributed by atoms with van der Waals surface area (Å²) >= 11 is 0. The summed E-state index contributed by atoms with van der Waals surface area (Å²) in [5, 5.41) is 5.86. The van der Waals surface area contributed by atoms with E-state index in [1.807, 2.05) is 36.7 Å². The summed E-state index contributed by atoms with van der Waals surface area (Å²) in [5.74, 6) is 0. The Morgan fingerprint density at radius 3 is 1.81 bits per heavy atom. The van der Waals surface area contributed by atoms with Gasteiger partial charge in [-0.15, -0.1) is 0 Å². The van der Waals surface area contributed by atoms with Crippen LogP contribution in [-0.4, -0.2) is 9.55 Å². The van der Waals surface area contributed by atoms with Crippen LogP contribution in [-0.2, 0) is 0 Å². The fourth-order valence-corrected chi connectivity index (χ4v) is 3.34. The van der Waals surface area contributed by atoms with Gasteiger partial charge >= 0.3 is 0 Å². The molecule has 0 spiro atoms. The van der Waals surface area contributed by atoms with E-state index in [4.69, 9.17) is 4.98 Å². The highest BCUT2D eigenvalue weighted by atomic mass is 14.9. The predicted octanol–water partition coefficient (Wildman–Crippen LogP) is 5.92. The van der Waals surface area contributed by atoms with Crippen molar-refractivity contribution in [2.24, 2.45) is 0 Å². The lowest BCUT2D eigenvalue weighted by molar-refractivity contribution is 1.08. The van der Waals surface area contributed by atoms with Gasteiger partial charge in [0, 0.05) is 34.5 Å². The monoisotopic (exact) mass is 335 g/mol. The van der Waals surface area contributed by atoms with Gasteiger partial charge in [0.2, 0.25) is 0 Å². The van der Waals surface area contributed by atoms with E-state index < -0.39 is 0 Å². The van der Waals surface area contributed by atoms with Crippen molar-refractivity contribution in [3.05, 3.63) is 97.3 Å². The largest absolute Gasteiger partial charge is 0.354 e. The quantitative estimate of drug-likeness (QED) is 0.415. The fraction of sp³-hybridized carbons (Fsp3) is 0. The molecule has 1 N–H and O–H groups in total. The number of nitrogens with one attached hydrogen (secondary N) is 1. The van der Waals surface area contributed by atoms with E-state index >= 15 is 0 Å². The standard InChI is InChI=1S/C23H17N3/c1-3-9-21-19(7-1)23(20-8-2-4-10-22(20)25-21)24-17-11-13-18(14-12-17)26-15-5-6-16-26/h1-16H,(H,24,25). The Balaban J connectivity index is 1.62. The molecule has 0 atom stereocenters. The second kappa shape index (κ2) is 6.05. The van der Waals surface area contributed by atoms with Crippen LogP contribution in [0.1, 0.15) is 0 Å². The van der Waals surface area contributed by atoms with Crippen LogP contribution in [0.5, 0.6) is 0 Å². The van der Waals surface area contributed by atoms with E-state index in [0.29, 0.717) is 0 Å². The summed E-state index contributed by atoms with van der Waals surface area (Å²) in [6.07, 6.45) is 4.10. The van der Waals surface area contributed by atoms with E-state index in [1.54, 1.807) is 0 Å². The summed E-state index contributed by atoms with van der Waals surface area (Å²) in [7, 11) is 0. The van der Waals surface area contributed by atoms with Crippen molar-refractivity contribution in [3.63, 3.8) is 0 Å². The molecule has 0 aliphatic carbocycles. The second-order valence-corrected chi connectivity index (χ2v) is 6.28. The maximum absolute atomic E-state index is 4.78. The normalized spacial score (nSPS) is 11.1. The van der Waals surface area contributed by atoms with Crippen LogP contribution in [0.4, 0.5) is 11.4 Å². The first-order chi connectivity index (χ1) is 12.9. The molecule has 0 amide bonds. The predicted molar refractivity (Wildman–Crippen MR) is 108 cm³/mol. The first-order valence-electron chi connectivity index (χ1n) is 8.66. The van der Waals surface area contributed by atoms with Gasteiger partial charge in [0.15, 0.2) is 0 Å². The van der Waals surface area contributed by atoms with Gasteiger partial charge in [0.1, 0.15) is 0 Å². The molecule has 3 heteroatoms. The van der Waals surface area contributed by atoms with Gasteiger partial charge in [0.05, 0.1) is 16.7 Å². The van der Waals surface area contributed by atoms with Crippen LogP contribution in [0.3, 0.4) is 0 Å². The molecule has 0 saturated heterocycles. The van der Waals surface area contributed by atoms with E-state index in [0.717, 1.165) is 38.9 Å². The molecule has 0 radical (unpaired) electrons. The molecule has 0 aliphatic rings. The van der Waals surface area contributed by atoms with Crippen molar-refractivity contribution in [3.8, 4) is 5.69 Å². The van der Waals surface area contributed by atoms with Gasteiger partial charge in [-0.05, 0) is 48.5 Å². The lowest BCUT2D eigenvalue weighted by Gasteiger charge is -2.14. The van der Waals surface area contributed by atoms with E-state index in [9.17, 15) is 0 Å². The minimum Gasteiger partial charge on any atom is -0.354 e. The van der Waals surface area contributed by atoms with Crippen molar-refractivity contribution in [1.82, 2.24) is 9.55 Å². The fourth-order valence-electron chi connectivity index (χ4n) is 3.34. The maximum atomic E-state index is 4.78. The first kappa shape index (κ1) is 14.7. The molecule has 5 aromatic rings. The maximum Gasteiger partial charge on any atom is 0.0730 e.